The Morgan fingerprint density at radius 3 is 2.52 bits per heavy atom. The predicted octanol–water partition coefficient (Wildman–Crippen LogP) is 4.90. The summed E-state index contributed by atoms with van der Waals surface area (Å²) in [7, 11) is 1.28. The third kappa shape index (κ3) is 3.19. The molecular formula is C16H11F3N2OS. The van der Waals surface area contributed by atoms with Gasteiger partial charge >= 0.3 is 6.18 Å². The Hall–Kier alpha value is -2.41. The van der Waals surface area contributed by atoms with Gasteiger partial charge < -0.3 is 4.74 Å². The fraction of sp³-hybridized carbons (Fsp3) is 0.125. The molecule has 2 aromatic heterocycles. The van der Waals surface area contributed by atoms with E-state index in [0.717, 1.165) is 29.2 Å². The van der Waals surface area contributed by atoms with Crippen LogP contribution in [0.3, 0.4) is 0 Å². The maximum atomic E-state index is 13.3. The number of ether oxygens (including phenoxy) is 1. The van der Waals surface area contributed by atoms with Crippen LogP contribution in [0.25, 0.3) is 21.8 Å². The molecule has 0 spiro atoms. The van der Waals surface area contributed by atoms with E-state index in [1.165, 1.54) is 7.11 Å². The zero-order chi connectivity index (χ0) is 16.4. The standard InChI is InChI=1S/C16H11F3N2OS/c1-22-14-7-12(16(17,18)19)11(8-20-14)15-21-13(9-23-15)10-5-3-2-4-6-10/h2-9H,1H3. The Balaban J connectivity index is 2.07. The monoisotopic (exact) mass is 336 g/mol. The van der Waals surface area contributed by atoms with Crippen molar-refractivity contribution in [3.8, 4) is 27.7 Å². The molecule has 3 nitrogen and oxygen atoms in total. The van der Waals surface area contributed by atoms with Gasteiger partial charge in [0.2, 0.25) is 5.88 Å². The van der Waals surface area contributed by atoms with Gasteiger partial charge in [-0.3, -0.25) is 0 Å². The molecule has 0 saturated carbocycles. The van der Waals surface area contributed by atoms with Gasteiger partial charge in [-0.05, 0) is 0 Å². The number of methoxy groups -OCH3 is 1. The van der Waals surface area contributed by atoms with Crippen LogP contribution < -0.4 is 4.74 Å². The van der Waals surface area contributed by atoms with Gasteiger partial charge in [0.15, 0.2) is 0 Å². The van der Waals surface area contributed by atoms with Crippen LogP contribution in [-0.4, -0.2) is 17.1 Å². The van der Waals surface area contributed by atoms with E-state index in [1.54, 1.807) is 5.38 Å². The summed E-state index contributed by atoms with van der Waals surface area (Å²) in [6.07, 6.45) is -3.36. The summed E-state index contributed by atoms with van der Waals surface area (Å²) >= 11 is 1.15. The fourth-order valence-corrected chi connectivity index (χ4v) is 2.94. The molecule has 0 saturated heterocycles. The van der Waals surface area contributed by atoms with E-state index in [4.69, 9.17) is 4.74 Å². The molecule has 0 bridgehead atoms. The summed E-state index contributed by atoms with van der Waals surface area (Å²) in [4.78, 5) is 8.19. The van der Waals surface area contributed by atoms with Gasteiger partial charge in [0.25, 0.3) is 0 Å². The van der Waals surface area contributed by atoms with E-state index in [-0.39, 0.29) is 16.5 Å². The normalized spacial score (nSPS) is 11.5. The first kappa shape index (κ1) is 15.5. The lowest BCUT2D eigenvalue weighted by Gasteiger charge is -2.11. The summed E-state index contributed by atoms with van der Waals surface area (Å²) in [6.45, 7) is 0. The number of alkyl halides is 3. The summed E-state index contributed by atoms with van der Waals surface area (Å²) in [5.74, 6) is -0.0825. The van der Waals surface area contributed by atoms with Crippen LogP contribution in [0.15, 0.2) is 48.0 Å². The maximum Gasteiger partial charge on any atom is 0.417 e. The number of rotatable bonds is 3. The minimum Gasteiger partial charge on any atom is -0.481 e. The van der Waals surface area contributed by atoms with Gasteiger partial charge in [0, 0.05) is 28.8 Å². The van der Waals surface area contributed by atoms with Crippen LogP contribution in [0.5, 0.6) is 5.88 Å². The summed E-state index contributed by atoms with van der Waals surface area (Å²) in [5, 5.41) is 2.00. The number of benzene rings is 1. The lowest BCUT2D eigenvalue weighted by Crippen LogP contribution is -2.08. The van der Waals surface area contributed by atoms with Crippen molar-refractivity contribution in [3.63, 3.8) is 0 Å². The Morgan fingerprint density at radius 1 is 1.13 bits per heavy atom. The average Bonchev–Trinajstić information content (AvgIpc) is 3.04. The molecule has 2 heterocycles. The lowest BCUT2D eigenvalue weighted by atomic mass is 10.1. The van der Waals surface area contributed by atoms with Gasteiger partial charge in [-0.2, -0.15) is 13.2 Å². The van der Waals surface area contributed by atoms with Gasteiger partial charge in [0.05, 0.1) is 18.4 Å². The summed E-state index contributed by atoms with van der Waals surface area (Å²) < 4.78 is 44.6. The number of hydrogen-bond acceptors (Lipinski definition) is 4. The molecule has 0 fully saturated rings. The number of aromatic nitrogens is 2. The number of thiazole rings is 1. The second kappa shape index (κ2) is 6.00. The molecule has 118 valence electrons. The number of nitrogens with zero attached hydrogens (tertiary/aromatic N) is 2. The largest absolute Gasteiger partial charge is 0.481 e. The Morgan fingerprint density at radius 2 is 1.87 bits per heavy atom. The zero-order valence-corrected chi connectivity index (χ0v) is 12.8. The van der Waals surface area contributed by atoms with E-state index in [9.17, 15) is 13.2 Å². The molecule has 3 rings (SSSR count). The van der Waals surface area contributed by atoms with Crippen LogP contribution >= 0.6 is 11.3 Å². The Kier molecular flexibility index (Phi) is 4.04. The zero-order valence-electron chi connectivity index (χ0n) is 12.0. The SMILES string of the molecule is COc1cc(C(F)(F)F)c(-c2nc(-c3ccccc3)cs2)cn1. The van der Waals surface area contributed by atoms with Gasteiger partial charge in [-0.1, -0.05) is 30.3 Å². The van der Waals surface area contributed by atoms with Gasteiger partial charge in [-0.15, -0.1) is 11.3 Å². The molecule has 0 aliphatic heterocycles. The van der Waals surface area contributed by atoms with Crippen LogP contribution in [-0.2, 0) is 6.18 Å². The topological polar surface area (TPSA) is 35.0 Å². The van der Waals surface area contributed by atoms with E-state index in [2.05, 4.69) is 9.97 Å². The van der Waals surface area contributed by atoms with Crippen molar-refractivity contribution in [2.45, 2.75) is 6.18 Å². The summed E-state index contributed by atoms with van der Waals surface area (Å²) in [5.41, 5.74) is 0.628. The second-order valence-electron chi connectivity index (χ2n) is 4.67. The van der Waals surface area contributed by atoms with Gasteiger partial charge in [0.1, 0.15) is 5.01 Å². The predicted molar refractivity (Wildman–Crippen MR) is 82.3 cm³/mol. The van der Waals surface area contributed by atoms with Crippen molar-refractivity contribution in [1.29, 1.82) is 0 Å². The van der Waals surface area contributed by atoms with E-state index in [1.807, 2.05) is 30.3 Å². The van der Waals surface area contributed by atoms with Crippen LogP contribution in [0.1, 0.15) is 5.56 Å². The Labute approximate surface area is 134 Å². The van der Waals surface area contributed by atoms with Crippen molar-refractivity contribution in [3.05, 3.63) is 53.5 Å². The van der Waals surface area contributed by atoms with E-state index < -0.39 is 11.7 Å². The van der Waals surface area contributed by atoms with Crippen molar-refractivity contribution in [2.24, 2.45) is 0 Å². The fourth-order valence-electron chi connectivity index (χ4n) is 2.09. The lowest BCUT2D eigenvalue weighted by molar-refractivity contribution is -0.137. The highest BCUT2D eigenvalue weighted by Gasteiger charge is 2.35. The first-order valence-corrected chi connectivity index (χ1v) is 7.49. The van der Waals surface area contributed by atoms with E-state index in [0.29, 0.717) is 5.69 Å². The van der Waals surface area contributed by atoms with Crippen molar-refractivity contribution < 1.29 is 17.9 Å². The molecule has 0 unspecified atom stereocenters. The number of hydrogen-bond donors (Lipinski definition) is 0. The average molecular weight is 336 g/mol. The second-order valence-corrected chi connectivity index (χ2v) is 5.53. The minimum absolute atomic E-state index is 0.0505. The van der Waals surface area contributed by atoms with Crippen molar-refractivity contribution >= 4 is 11.3 Å². The first-order valence-electron chi connectivity index (χ1n) is 6.61. The molecule has 7 heteroatoms. The van der Waals surface area contributed by atoms with Crippen LogP contribution in [0.2, 0.25) is 0 Å². The third-order valence-corrected chi connectivity index (χ3v) is 4.07. The first-order chi connectivity index (χ1) is 11.0. The quantitative estimate of drug-likeness (QED) is 0.682. The van der Waals surface area contributed by atoms with Crippen LogP contribution in [0.4, 0.5) is 13.2 Å². The highest BCUT2D eigenvalue weighted by Crippen LogP contribution is 2.40. The molecule has 1 aromatic carbocycles. The molecule has 3 aromatic rings. The van der Waals surface area contributed by atoms with Crippen molar-refractivity contribution in [1.82, 2.24) is 9.97 Å². The number of pyridine rings is 1. The van der Waals surface area contributed by atoms with Gasteiger partial charge in [-0.25, -0.2) is 9.97 Å². The number of halogens is 3. The van der Waals surface area contributed by atoms with Crippen molar-refractivity contribution in [2.75, 3.05) is 7.11 Å². The minimum atomic E-state index is -4.51. The molecule has 0 aliphatic carbocycles. The molecule has 0 N–H and O–H groups in total. The molecule has 0 radical (unpaired) electrons. The Bertz CT molecular complexity index is 816. The smallest absolute Gasteiger partial charge is 0.417 e. The summed E-state index contributed by atoms with van der Waals surface area (Å²) in [6, 6.07) is 10.2. The highest BCUT2D eigenvalue weighted by molar-refractivity contribution is 7.13. The molecule has 23 heavy (non-hydrogen) atoms. The van der Waals surface area contributed by atoms with E-state index >= 15 is 0 Å². The molecule has 0 aliphatic rings. The molecule has 0 amide bonds. The maximum absolute atomic E-state index is 13.3. The highest BCUT2D eigenvalue weighted by atomic mass is 32.1. The molecular weight excluding hydrogens is 325 g/mol. The third-order valence-electron chi connectivity index (χ3n) is 3.20. The van der Waals surface area contributed by atoms with Crippen LogP contribution in [0, 0.1) is 0 Å². The molecule has 0 atom stereocenters.